The fourth-order valence-corrected chi connectivity index (χ4v) is 5.05. The average molecular weight is 495 g/mol. The molecular formula is C31H42O5. The Morgan fingerprint density at radius 1 is 1.06 bits per heavy atom. The van der Waals surface area contributed by atoms with Crippen LogP contribution in [0.5, 0.6) is 5.75 Å². The molecule has 0 aromatic heterocycles. The lowest BCUT2D eigenvalue weighted by Crippen LogP contribution is -2.19. The van der Waals surface area contributed by atoms with Crippen molar-refractivity contribution in [3.8, 4) is 16.9 Å². The van der Waals surface area contributed by atoms with Gasteiger partial charge in [-0.25, -0.2) is 4.79 Å². The highest BCUT2D eigenvalue weighted by atomic mass is 16.5. The van der Waals surface area contributed by atoms with Gasteiger partial charge in [0.1, 0.15) is 12.4 Å². The average Bonchev–Trinajstić information content (AvgIpc) is 2.93. The van der Waals surface area contributed by atoms with Crippen molar-refractivity contribution in [2.45, 2.75) is 70.8 Å². The third kappa shape index (κ3) is 8.21. The molecule has 0 aliphatic heterocycles. The van der Waals surface area contributed by atoms with E-state index in [1.807, 2.05) is 24.3 Å². The summed E-state index contributed by atoms with van der Waals surface area (Å²) >= 11 is 0. The topological polar surface area (TPSA) is 76.0 Å². The number of rotatable bonds is 14. The van der Waals surface area contributed by atoms with Gasteiger partial charge in [-0.2, -0.15) is 0 Å². The zero-order valence-electron chi connectivity index (χ0n) is 21.7. The number of aliphatic hydroxyl groups excluding tert-OH is 2. The van der Waals surface area contributed by atoms with Crippen LogP contribution in [0.3, 0.4) is 0 Å². The van der Waals surface area contributed by atoms with E-state index in [0.717, 1.165) is 22.6 Å². The van der Waals surface area contributed by atoms with E-state index in [4.69, 9.17) is 9.47 Å². The van der Waals surface area contributed by atoms with Crippen LogP contribution in [0, 0.1) is 11.8 Å². The van der Waals surface area contributed by atoms with E-state index in [0.29, 0.717) is 11.7 Å². The van der Waals surface area contributed by atoms with E-state index in [-0.39, 0.29) is 32.3 Å². The number of aliphatic hydroxyl groups is 2. The smallest absolute Gasteiger partial charge is 0.330 e. The molecule has 2 N–H and O–H groups in total. The molecule has 0 atom stereocenters. The first-order valence-electron chi connectivity index (χ1n) is 13.4. The Morgan fingerprint density at radius 3 is 2.42 bits per heavy atom. The number of benzene rings is 2. The number of esters is 1. The van der Waals surface area contributed by atoms with Crippen molar-refractivity contribution in [1.82, 2.24) is 0 Å². The van der Waals surface area contributed by atoms with Gasteiger partial charge in [-0.15, -0.1) is 0 Å². The van der Waals surface area contributed by atoms with Gasteiger partial charge in [0.15, 0.2) is 0 Å². The maximum Gasteiger partial charge on any atom is 0.330 e. The largest absolute Gasteiger partial charge is 0.493 e. The molecule has 0 bridgehead atoms. The molecule has 196 valence electrons. The summed E-state index contributed by atoms with van der Waals surface area (Å²) in [6, 6.07) is 14.3. The van der Waals surface area contributed by atoms with Crippen LogP contribution in [0.25, 0.3) is 11.1 Å². The van der Waals surface area contributed by atoms with Crippen molar-refractivity contribution in [2.75, 3.05) is 19.8 Å². The maximum atomic E-state index is 11.8. The minimum absolute atomic E-state index is 0.117. The van der Waals surface area contributed by atoms with E-state index < -0.39 is 5.97 Å². The number of carbonyl (C=O) groups excluding carboxylic acids is 1. The van der Waals surface area contributed by atoms with E-state index in [1.165, 1.54) is 63.0 Å². The molecule has 5 nitrogen and oxygen atoms in total. The van der Waals surface area contributed by atoms with Crippen LogP contribution < -0.4 is 4.74 Å². The van der Waals surface area contributed by atoms with Gasteiger partial charge in [-0.05, 0) is 71.9 Å². The van der Waals surface area contributed by atoms with Crippen LogP contribution in [-0.4, -0.2) is 36.0 Å². The van der Waals surface area contributed by atoms with Gasteiger partial charge in [0.05, 0.1) is 19.8 Å². The summed E-state index contributed by atoms with van der Waals surface area (Å²) in [6.45, 7) is 6.00. The summed E-state index contributed by atoms with van der Waals surface area (Å²) in [7, 11) is 0. The van der Waals surface area contributed by atoms with E-state index in [9.17, 15) is 15.0 Å². The van der Waals surface area contributed by atoms with E-state index in [2.05, 4.69) is 31.7 Å². The van der Waals surface area contributed by atoms with Crippen molar-refractivity contribution < 1.29 is 24.5 Å². The van der Waals surface area contributed by atoms with Crippen LogP contribution in [0.2, 0.25) is 0 Å². The minimum atomic E-state index is -0.426. The van der Waals surface area contributed by atoms with Crippen LogP contribution in [0.1, 0.15) is 75.3 Å². The predicted octanol–water partition coefficient (Wildman–Crippen LogP) is 6.42. The Labute approximate surface area is 216 Å². The van der Waals surface area contributed by atoms with Crippen LogP contribution in [-0.2, 0) is 16.1 Å². The normalized spacial score (nSPS) is 17.7. The molecule has 1 fully saturated rings. The third-order valence-electron chi connectivity index (χ3n) is 7.37. The van der Waals surface area contributed by atoms with Gasteiger partial charge < -0.3 is 19.7 Å². The van der Waals surface area contributed by atoms with E-state index in [1.54, 1.807) is 0 Å². The Hall–Kier alpha value is -2.63. The quantitative estimate of drug-likeness (QED) is 0.180. The highest BCUT2D eigenvalue weighted by Gasteiger charge is 2.23. The first kappa shape index (κ1) is 27.9. The number of hydrogen-bond acceptors (Lipinski definition) is 5. The Morgan fingerprint density at radius 2 is 1.78 bits per heavy atom. The van der Waals surface area contributed by atoms with Gasteiger partial charge in [0.2, 0.25) is 0 Å². The molecule has 1 aliphatic carbocycles. The lowest BCUT2D eigenvalue weighted by molar-refractivity contribution is -0.138. The highest BCUT2D eigenvalue weighted by molar-refractivity contribution is 5.81. The predicted molar refractivity (Wildman–Crippen MR) is 144 cm³/mol. The van der Waals surface area contributed by atoms with Crippen molar-refractivity contribution >= 4 is 5.97 Å². The zero-order chi connectivity index (χ0) is 25.8. The summed E-state index contributed by atoms with van der Waals surface area (Å²) in [5.41, 5.74) is 4.36. The monoisotopic (exact) mass is 494 g/mol. The van der Waals surface area contributed by atoms with Gasteiger partial charge in [-0.3, -0.25) is 0 Å². The second kappa shape index (κ2) is 14.8. The molecule has 2 aromatic rings. The molecule has 0 amide bonds. The molecule has 0 saturated heterocycles. The maximum absolute atomic E-state index is 11.8. The SMILES string of the molecule is C=CC(=O)OCc1cc(C2CCC(CCCCC)CC2)ccc1-c1ccc(OCC(CO)CO)cc1. The Kier molecular flexibility index (Phi) is 11.5. The second-order valence-corrected chi connectivity index (χ2v) is 10.0. The summed E-state index contributed by atoms with van der Waals surface area (Å²) < 4.78 is 11.1. The molecule has 0 radical (unpaired) electrons. The van der Waals surface area contributed by atoms with Gasteiger partial charge in [0.25, 0.3) is 0 Å². The molecule has 1 saturated carbocycles. The summed E-state index contributed by atoms with van der Waals surface area (Å²) in [6.07, 6.45) is 11.6. The molecular weight excluding hydrogens is 452 g/mol. The fraction of sp³-hybridized carbons (Fsp3) is 0.516. The van der Waals surface area contributed by atoms with Crippen molar-refractivity contribution in [2.24, 2.45) is 11.8 Å². The van der Waals surface area contributed by atoms with Crippen LogP contribution in [0.15, 0.2) is 55.1 Å². The summed E-state index contributed by atoms with van der Waals surface area (Å²) in [5, 5.41) is 18.5. The van der Waals surface area contributed by atoms with Gasteiger partial charge >= 0.3 is 5.97 Å². The Balaban J connectivity index is 1.72. The van der Waals surface area contributed by atoms with Crippen molar-refractivity contribution in [1.29, 1.82) is 0 Å². The molecule has 36 heavy (non-hydrogen) atoms. The van der Waals surface area contributed by atoms with Gasteiger partial charge in [0, 0.05) is 12.0 Å². The second-order valence-electron chi connectivity index (χ2n) is 10.0. The highest BCUT2D eigenvalue weighted by Crippen LogP contribution is 2.39. The van der Waals surface area contributed by atoms with Crippen molar-refractivity contribution in [3.05, 3.63) is 66.2 Å². The molecule has 3 rings (SSSR count). The molecule has 2 aromatic carbocycles. The van der Waals surface area contributed by atoms with Crippen LogP contribution >= 0.6 is 0 Å². The Bertz CT molecular complexity index is 940. The number of unbranched alkanes of at least 4 members (excludes halogenated alkanes) is 2. The molecule has 0 heterocycles. The van der Waals surface area contributed by atoms with E-state index >= 15 is 0 Å². The standard InChI is InChI=1S/C31H42O5/c1-3-5-6-7-23-8-10-25(11-9-23)27-14-17-30(28(18-27)22-36-31(34)4-2)26-12-15-29(16-13-26)35-21-24(19-32)20-33/h4,12-18,23-25,32-33H,2-3,5-11,19-22H2,1H3. The first-order chi connectivity index (χ1) is 17.6. The number of ether oxygens (including phenoxy) is 2. The molecule has 1 aliphatic rings. The van der Waals surface area contributed by atoms with Gasteiger partial charge in [-0.1, -0.05) is 69.5 Å². The lowest BCUT2D eigenvalue weighted by atomic mass is 9.76. The number of carbonyl (C=O) groups is 1. The fourth-order valence-electron chi connectivity index (χ4n) is 5.05. The third-order valence-corrected chi connectivity index (χ3v) is 7.37. The first-order valence-corrected chi connectivity index (χ1v) is 13.4. The van der Waals surface area contributed by atoms with Crippen LogP contribution in [0.4, 0.5) is 0 Å². The zero-order valence-corrected chi connectivity index (χ0v) is 21.7. The molecule has 0 unspecified atom stereocenters. The minimum Gasteiger partial charge on any atom is -0.493 e. The summed E-state index contributed by atoms with van der Waals surface area (Å²) in [5.74, 6) is 1.38. The molecule has 5 heteroatoms. The lowest BCUT2D eigenvalue weighted by Gasteiger charge is -2.29. The number of hydrogen-bond donors (Lipinski definition) is 2. The summed E-state index contributed by atoms with van der Waals surface area (Å²) in [4.78, 5) is 11.8. The van der Waals surface area contributed by atoms with Crippen molar-refractivity contribution in [3.63, 3.8) is 0 Å². The molecule has 0 spiro atoms.